The first-order valence-electron chi connectivity index (χ1n) is 7.78. The molecule has 2 nitrogen and oxygen atoms in total. The highest BCUT2D eigenvalue weighted by Gasteiger charge is 2.16. The van der Waals surface area contributed by atoms with E-state index in [1.54, 1.807) is 0 Å². The van der Waals surface area contributed by atoms with E-state index >= 15 is 0 Å². The Kier molecular flexibility index (Phi) is 5.26. The third-order valence-electron chi connectivity index (χ3n) is 4.13. The highest BCUT2D eigenvalue weighted by atomic mass is 15.3. The largest absolute Gasteiger partial charge is 0.369 e. The van der Waals surface area contributed by atoms with Gasteiger partial charge in [-0.2, -0.15) is 0 Å². The second kappa shape index (κ2) is 6.95. The van der Waals surface area contributed by atoms with Crippen molar-refractivity contribution in [1.82, 2.24) is 4.90 Å². The molecule has 1 saturated heterocycles. The van der Waals surface area contributed by atoms with Crippen LogP contribution in [0.3, 0.4) is 0 Å². The fourth-order valence-corrected chi connectivity index (χ4v) is 2.68. The van der Waals surface area contributed by atoms with Gasteiger partial charge in [-0.15, -0.1) is 0 Å². The van der Waals surface area contributed by atoms with Crippen molar-refractivity contribution in [1.29, 1.82) is 0 Å². The predicted molar refractivity (Wildman–Crippen MR) is 84.1 cm³/mol. The number of hydrogen-bond donors (Lipinski definition) is 0. The van der Waals surface area contributed by atoms with Crippen LogP contribution in [0.4, 0.5) is 5.69 Å². The van der Waals surface area contributed by atoms with Gasteiger partial charge >= 0.3 is 0 Å². The zero-order valence-corrected chi connectivity index (χ0v) is 12.7. The lowest BCUT2D eigenvalue weighted by Gasteiger charge is -2.36. The number of unbranched alkanes of at least 4 members (excludes halogenated alkanes) is 1. The smallest absolute Gasteiger partial charge is 0.0367 e. The summed E-state index contributed by atoms with van der Waals surface area (Å²) in [5.74, 6) is 0.625. The summed E-state index contributed by atoms with van der Waals surface area (Å²) < 4.78 is 0. The molecule has 0 N–H and O–H groups in total. The van der Waals surface area contributed by atoms with Crippen LogP contribution < -0.4 is 4.90 Å². The van der Waals surface area contributed by atoms with E-state index in [-0.39, 0.29) is 0 Å². The number of nitrogens with zero attached hydrogens (tertiary/aromatic N) is 2. The van der Waals surface area contributed by atoms with Gasteiger partial charge in [-0.05, 0) is 36.6 Å². The Morgan fingerprint density at radius 2 is 1.63 bits per heavy atom. The molecule has 1 fully saturated rings. The molecule has 0 atom stereocenters. The molecule has 0 saturated carbocycles. The summed E-state index contributed by atoms with van der Waals surface area (Å²) in [5, 5.41) is 0. The lowest BCUT2D eigenvalue weighted by atomic mass is 10.0. The Labute approximate surface area is 118 Å². The molecule has 0 bridgehead atoms. The normalized spacial score (nSPS) is 17.2. The summed E-state index contributed by atoms with van der Waals surface area (Å²) in [6.45, 7) is 12.8. The van der Waals surface area contributed by atoms with Gasteiger partial charge in [-0.25, -0.2) is 0 Å². The van der Waals surface area contributed by atoms with Crippen LogP contribution in [0.1, 0.15) is 45.1 Å². The minimum absolute atomic E-state index is 0.625. The molecule has 0 amide bonds. The second-order valence-electron chi connectivity index (χ2n) is 5.93. The SMILES string of the molecule is CCCCN1CCN(c2ccc(C(C)C)cc2)CC1. The van der Waals surface area contributed by atoms with Gasteiger partial charge in [0.25, 0.3) is 0 Å². The van der Waals surface area contributed by atoms with Crippen LogP contribution in [0.25, 0.3) is 0 Å². The molecular formula is C17H28N2. The minimum atomic E-state index is 0.625. The number of anilines is 1. The highest BCUT2D eigenvalue weighted by Crippen LogP contribution is 2.21. The topological polar surface area (TPSA) is 6.48 Å². The van der Waals surface area contributed by atoms with E-state index in [1.807, 2.05) is 0 Å². The number of piperazine rings is 1. The van der Waals surface area contributed by atoms with Crippen molar-refractivity contribution in [3.63, 3.8) is 0 Å². The van der Waals surface area contributed by atoms with Crippen molar-refractivity contribution in [2.75, 3.05) is 37.6 Å². The Hall–Kier alpha value is -1.02. The Bertz CT molecular complexity index is 361. The Balaban J connectivity index is 1.87. The summed E-state index contributed by atoms with van der Waals surface area (Å²) in [7, 11) is 0. The fraction of sp³-hybridized carbons (Fsp3) is 0.647. The second-order valence-corrected chi connectivity index (χ2v) is 5.93. The van der Waals surface area contributed by atoms with Crippen LogP contribution >= 0.6 is 0 Å². The maximum atomic E-state index is 2.60. The van der Waals surface area contributed by atoms with Crippen molar-refractivity contribution in [2.45, 2.75) is 39.5 Å². The zero-order chi connectivity index (χ0) is 13.7. The number of hydrogen-bond acceptors (Lipinski definition) is 2. The van der Waals surface area contributed by atoms with Gasteiger partial charge in [0.05, 0.1) is 0 Å². The van der Waals surface area contributed by atoms with Gasteiger partial charge in [0, 0.05) is 31.9 Å². The molecule has 1 aromatic rings. The van der Waals surface area contributed by atoms with Crippen molar-refractivity contribution >= 4 is 5.69 Å². The molecule has 106 valence electrons. The molecule has 1 aliphatic heterocycles. The first-order chi connectivity index (χ1) is 9.20. The van der Waals surface area contributed by atoms with Crippen molar-refractivity contribution in [2.24, 2.45) is 0 Å². The van der Waals surface area contributed by atoms with Gasteiger partial charge < -0.3 is 4.90 Å². The molecule has 2 heteroatoms. The van der Waals surface area contributed by atoms with Crippen molar-refractivity contribution in [3.8, 4) is 0 Å². The van der Waals surface area contributed by atoms with Crippen LogP contribution in [0.5, 0.6) is 0 Å². The maximum absolute atomic E-state index is 2.60. The molecule has 19 heavy (non-hydrogen) atoms. The molecule has 1 aromatic carbocycles. The third-order valence-corrected chi connectivity index (χ3v) is 4.13. The summed E-state index contributed by atoms with van der Waals surface area (Å²) in [5.41, 5.74) is 2.82. The van der Waals surface area contributed by atoms with E-state index in [1.165, 1.54) is 56.8 Å². The molecule has 1 heterocycles. The van der Waals surface area contributed by atoms with Crippen LogP contribution in [0.2, 0.25) is 0 Å². The zero-order valence-electron chi connectivity index (χ0n) is 12.7. The molecule has 1 aliphatic rings. The van der Waals surface area contributed by atoms with Crippen LogP contribution in [-0.4, -0.2) is 37.6 Å². The van der Waals surface area contributed by atoms with Crippen LogP contribution in [0.15, 0.2) is 24.3 Å². The van der Waals surface area contributed by atoms with Gasteiger partial charge in [0.2, 0.25) is 0 Å². The van der Waals surface area contributed by atoms with E-state index in [0.29, 0.717) is 5.92 Å². The monoisotopic (exact) mass is 260 g/mol. The van der Waals surface area contributed by atoms with Gasteiger partial charge in [0.1, 0.15) is 0 Å². The fourth-order valence-electron chi connectivity index (χ4n) is 2.68. The van der Waals surface area contributed by atoms with Gasteiger partial charge in [0.15, 0.2) is 0 Å². The summed E-state index contributed by atoms with van der Waals surface area (Å²) in [4.78, 5) is 5.12. The Morgan fingerprint density at radius 3 is 2.16 bits per heavy atom. The van der Waals surface area contributed by atoms with E-state index in [2.05, 4.69) is 54.8 Å². The van der Waals surface area contributed by atoms with E-state index < -0.39 is 0 Å². The van der Waals surface area contributed by atoms with Crippen molar-refractivity contribution in [3.05, 3.63) is 29.8 Å². The molecule has 0 unspecified atom stereocenters. The summed E-state index contributed by atoms with van der Waals surface area (Å²) >= 11 is 0. The Morgan fingerprint density at radius 1 is 1.00 bits per heavy atom. The predicted octanol–water partition coefficient (Wildman–Crippen LogP) is 3.73. The lowest BCUT2D eigenvalue weighted by Crippen LogP contribution is -2.46. The maximum Gasteiger partial charge on any atom is 0.0367 e. The third kappa shape index (κ3) is 3.97. The molecule has 0 aliphatic carbocycles. The molecule has 0 aromatic heterocycles. The quantitative estimate of drug-likeness (QED) is 0.796. The van der Waals surface area contributed by atoms with Gasteiger partial charge in [-0.3, -0.25) is 4.90 Å². The van der Waals surface area contributed by atoms with E-state index in [0.717, 1.165) is 0 Å². The first-order valence-corrected chi connectivity index (χ1v) is 7.78. The standard InChI is InChI=1S/C17H28N2/c1-4-5-10-18-11-13-19(14-12-18)17-8-6-16(7-9-17)15(2)3/h6-9,15H,4-5,10-14H2,1-3H3. The van der Waals surface area contributed by atoms with Crippen LogP contribution in [0, 0.1) is 0 Å². The average molecular weight is 260 g/mol. The van der Waals surface area contributed by atoms with Crippen LogP contribution in [-0.2, 0) is 0 Å². The molecular weight excluding hydrogens is 232 g/mol. The minimum Gasteiger partial charge on any atom is -0.369 e. The summed E-state index contributed by atoms with van der Waals surface area (Å²) in [6.07, 6.45) is 2.64. The molecule has 0 spiro atoms. The average Bonchev–Trinajstić information content (AvgIpc) is 2.46. The van der Waals surface area contributed by atoms with E-state index in [9.17, 15) is 0 Å². The lowest BCUT2D eigenvalue weighted by molar-refractivity contribution is 0.254. The molecule has 2 rings (SSSR count). The highest BCUT2D eigenvalue weighted by molar-refractivity contribution is 5.48. The van der Waals surface area contributed by atoms with Crippen molar-refractivity contribution < 1.29 is 0 Å². The first kappa shape index (κ1) is 14.4. The summed E-state index contributed by atoms with van der Waals surface area (Å²) in [6, 6.07) is 9.14. The number of rotatable bonds is 5. The number of benzene rings is 1. The van der Waals surface area contributed by atoms with Gasteiger partial charge in [-0.1, -0.05) is 39.3 Å². The molecule has 0 radical (unpaired) electrons. The van der Waals surface area contributed by atoms with E-state index in [4.69, 9.17) is 0 Å².